The molecule has 0 aromatic heterocycles. The molecule has 2 heteroatoms. The molecule has 1 N–H and O–H groups in total. The zero-order chi connectivity index (χ0) is 8.65. The standard InChI is InChI=1S/C10H19NO/c1-2-11-7-3-4-10-5-8-12-9-6-10/h3-4,10-11H,2,5-9H2,1H3. The first-order chi connectivity index (χ1) is 5.93. The van der Waals surface area contributed by atoms with Gasteiger partial charge in [0.05, 0.1) is 0 Å². The molecule has 1 rings (SSSR count). The predicted molar refractivity (Wildman–Crippen MR) is 51.2 cm³/mol. The summed E-state index contributed by atoms with van der Waals surface area (Å²) >= 11 is 0. The van der Waals surface area contributed by atoms with Gasteiger partial charge in [0.25, 0.3) is 0 Å². The van der Waals surface area contributed by atoms with Crippen LogP contribution in [0, 0.1) is 5.92 Å². The maximum absolute atomic E-state index is 5.28. The van der Waals surface area contributed by atoms with Gasteiger partial charge >= 0.3 is 0 Å². The van der Waals surface area contributed by atoms with Crippen molar-refractivity contribution in [3.63, 3.8) is 0 Å². The first kappa shape index (κ1) is 9.75. The SMILES string of the molecule is CCNCC=CC1CCOCC1. The van der Waals surface area contributed by atoms with Crippen molar-refractivity contribution in [2.45, 2.75) is 19.8 Å². The normalized spacial score (nSPS) is 20.4. The van der Waals surface area contributed by atoms with Crippen molar-refractivity contribution in [3.8, 4) is 0 Å². The Labute approximate surface area is 75.0 Å². The van der Waals surface area contributed by atoms with Gasteiger partial charge in [-0.1, -0.05) is 19.1 Å². The van der Waals surface area contributed by atoms with Crippen LogP contribution in [-0.4, -0.2) is 26.3 Å². The summed E-state index contributed by atoms with van der Waals surface area (Å²) in [7, 11) is 0. The molecule has 0 aromatic rings. The highest BCUT2D eigenvalue weighted by Gasteiger charge is 2.09. The molecule has 0 aliphatic carbocycles. The van der Waals surface area contributed by atoms with Crippen molar-refractivity contribution in [2.75, 3.05) is 26.3 Å². The van der Waals surface area contributed by atoms with Gasteiger partial charge in [-0.25, -0.2) is 0 Å². The molecule has 1 aliphatic heterocycles. The summed E-state index contributed by atoms with van der Waals surface area (Å²) in [5.74, 6) is 0.761. The maximum Gasteiger partial charge on any atom is 0.0471 e. The van der Waals surface area contributed by atoms with Crippen molar-refractivity contribution >= 4 is 0 Å². The van der Waals surface area contributed by atoms with Crippen LogP contribution in [0.15, 0.2) is 12.2 Å². The summed E-state index contributed by atoms with van der Waals surface area (Å²) in [5, 5.41) is 3.27. The minimum absolute atomic E-state index is 0.761. The number of likely N-dealkylation sites (N-methyl/N-ethyl adjacent to an activating group) is 1. The second-order valence-corrected chi connectivity index (χ2v) is 3.19. The zero-order valence-corrected chi connectivity index (χ0v) is 7.88. The van der Waals surface area contributed by atoms with Crippen LogP contribution in [0.3, 0.4) is 0 Å². The first-order valence-electron chi connectivity index (χ1n) is 4.88. The lowest BCUT2D eigenvalue weighted by molar-refractivity contribution is 0.0785. The third kappa shape index (κ3) is 3.88. The topological polar surface area (TPSA) is 21.3 Å². The number of allylic oxidation sites excluding steroid dienone is 1. The van der Waals surface area contributed by atoms with Crippen LogP contribution in [0.2, 0.25) is 0 Å². The minimum Gasteiger partial charge on any atom is -0.381 e. The van der Waals surface area contributed by atoms with Crippen LogP contribution < -0.4 is 5.32 Å². The second-order valence-electron chi connectivity index (χ2n) is 3.19. The van der Waals surface area contributed by atoms with Gasteiger partial charge in [-0.3, -0.25) is 0 Å². The summed E-state index contributed by atoms with van der Waals surface area (Å²) in [6.07, 6.45) is 6.95. The molecule has 0 spiro atoms. The van der Waals surface area contributed by atoms with Crippen molar-refractivity contribution in [1.82, 2.24) is 5.32 Å². The van der Waals surface area contributed by atoms with Gasteiger partial charge in [0.2, 0.25) is 0 Å². The van der Waals surface area contributed by atoms with E-state index in [2.05, 4.69) is 24.4 Å². The largest absolute Gasteiger partial charge is 0.381 e. The summed E-state index contributed by atoms with van der Waals surface area (Å²) in [4.78, 5) is 0. The Bertz CT molecular complexity index is 128. The fourth-order valence-electron chi connectivity index (χ4n) is 1.40. The molecule has 0 aromatic carbocycles. The fraction of sp³-hybridized carbons (Fsp3) is 0.800. The lowest BCUT2D eigenvalue weighted by atomic mass is 10.00. The first-order valence-corrected chi connectivity index (χ1v) is 4.88. The van der Waals surface area contributed by atoms with Gasteiger partial charge in [0, 0.05) is 19.8 Å². The van der Waals surface area contributed by atoms with Crippen LogP contribution in [0.5, 0.6) is 0 Å². The van der Waals surface area contributed by atoms with Gasteiger partial charge in [0.15, 0.2) is 0 Å². The van der Waals surface area contributed by atoms with Gasteiger partial charge in [0.1, 0.15) is 0 Å². The van der Waals surface area contributed by atoms with Crippen LogP contribution in [0.25, 0.3) is 0 Å². The Kier molecular flexibility index (Phi) is 5.04. The molecule has 1 fully saturated rings. The number of nitrogens with one attached hydrogen (secondary N) is 1. The minimum atomic E-state index is 0.761. The Morgan fingerprint density at radius 2 is 2.17 bits per heavy atom. The van der Waals surface area contributed by atoms with E-state index in [1.807, 2.05) is 0 Å². The Balaban J connectivity index is 2.07. The van der Waals surface area contributed by atoms with Crippen molar-refractivity contribution in [3.05, 3.63) is 12.2 Å². The van der Waals surface area contributed by atoms with Gasteiger partial charge < -0.3 is 10.1 Å². The van der Waals surface area contributed by atoms with Crippen molar-refractivity contribution < 1.29 is 4.74 Å². The molecule has 0 bridgehead atoms. The summed E-state index contributed by atoms with van der Waals surface area (Å²) in [5.41, 5.74) is 0. The lowest BCUT2D eigenvalue weighted by Crippen LogP contribution is -2.15. The van der Waals surface area contributed by atoms with E-state index in [0.29, 0.717) is 0 Å². The molecule has 0 atom stereocenters. The quantitative estimate of drug-likeness (QED) is 0.509. The van der Waals surface area contributed by atoms with E-state index in [1.54, 1.807) is 0 Å². The molecule has 1 saturated heterocycles. The Morgan fingerprint density at radius 3 is 2.83 bits per heavy atom. The molecular formula is C10H19NO. The predicted octanol–water partition coefficient (Wildman–Crippen LogP) is 1.58. The monoisotopic (exact) mass is 169 g/mol. The van der Waals surface area contributed by atoms with Crippen LogP contribution in [0.4, 0.5) is 0 Å². The van der Waals surface area contributed by atoms with Crippen LogP contribution in [-0.2, 0) is 4.74 Å². The third-order valence-corrected chi connectivity index (χ3v) is 2.19. The van der Waals surface area contributed by atoms with Crippen molar-refractivity contribution in [2.24, 2.45) is 5.92 Å². The summed E-state index contributed by atoms with van der Waals surface area (Å²) in [6.45, 7) is 6.07. The molecule has 0 unspecified atom stereocenters. The Hall–Kier alpha value is -0.340. The molecule has 1 aliphatic rings. The highest BCUT2D eigenvalue weighted by Crippen LogP contribution is 2.15. The number of rotatable bonds is 4. The third-order valence-electron chi connectivity index (χ3n) is 2.19. The number of hydrogen-bond acceptors (Lipinski definition) is 2. The maximum atomic E-state index is 5.28. The fourth-order valence-corrected chi connectivity index (χ4v) is 1.40. The van der Waals surface area contributed by atoms with Crippen LogP contribution >= 0.6 is 0 Å². The average Bonchev–Trinajstić information content (AvgIpc) is 2.14. The summed E-state index contributed by atoms with van der Waals surface area (Å²) in [6, 6.07) is 0. The average molecular weight is 169 g/mol. The number of ether oxygens (including phenoxy) is 1. The highest BCUT2D eigenvalue weighted by atomic mass is 16.5. The van der Waals surface area contributed by atoms with E-state index < -0.39 is 0 Å². The zero-order valence-electron chi connectivity index (χ0n) is 7.88. The van der Waals surface area contributed by atoms with E-state index in [4.69, 9.17) is 4.74 Å². The molecule has 0 amide bonds. The molecule has 70 valence electrons. The van der Waals surface area contributed by atoms with E-state index in [1.165, 1.54) is 12.8 Å². The highest BCUT2D eigenvalue weighted by molar-refractivity contribution is 4.90. The molecule has 2 nitrogen and oxygen atoms in total. The van der Waals surface area contributed by atoms with E-state index in [9.17, 15) is 0 Å². The molecule has 12 heavy (non-hydrogen) atoms. The smallest absolute Gasteiger partial charge is 0.0471 e. The van der Waals surface area contributed by atoms with E-state index in [0.717, 1.165) is 32.2 Å². The van der Waals surface area contributed by atoms with Gasteiger partial charge in [-0.05, 0) is 25.3 Å². The summed E-state index contributed by atoms with van der Waals surface area (Å²) < 4.78 is 5.28. The number of hydrogen-bond donors (Lipinski definition) is 1. The molecule has 0 saturated carbocycles. The van der Waals surface area contributed by atoms with E-state index >= 15 is 0 Å². The molecule has 1 heterocycles. The van der Waals surface area contributed by atoms with Crippen molar-refractivity contribution in [1.29, 1.82) is 0 Å². The van der Waals surface area contributed by atoms with Gasteiger partial charge in [-0.2, -0.15) is 0 Å². The molecular weight excluding hydrogens is 150 g/mol. The Morgan fingerprint density at radius 1 is 1.42 bits per heavy atom. The molecule has 0 radical (unpaired) electrons. The van der Waals surface area contributed by atoms with Crippen LogP contribution in [0.1, 0.15) is 19.8 Å². The van der Waals surface area contributed by atoms with Gasteiger partial charge in [-0.15, -0.1) is 0 Å². The lowest BCUT2D eigenvalue weighted by Gasteiger charge is -2.18. The second kappa shape index (κ2) is 6.21. The van der Waals surface area contributed by atoms with E-state index in [-0.39, 0.29) is 0 Å².